The van der Waals surface area contributed by atoms with Gasteiger partial charge >= 0.3 is 7.82 Å². The van der Waals surface area contributed by atoms with Crippen LogP contribution in [0.2, 0.25) is 0 Å². The first-order valence-corrected chi connectivity index (χ1v) is 29.8. The summed E-state index contributed by atoms with van der Waals surface area (Å²) in [6, 6.07) is 18.9. The summed E-state index contributed by atoms with van der Waals surface area (Å²) in [5.74, 6) is -0.918. The fourth-order valence-electron chi connectivity index (χ4n) is 13.3. The number of nitrogens with one attached hydrogen (secondary N) is 3. The number of pyridine rings is 1. The van der Waals surface area contributed by atoms with Crippen molar-refractivity contribution in [3.05, 3.63) is 99.7 Å². The number of aryl methyl sites for hydroxylation is 1. The fraction of sp³-hybridized carbons (Fsp3) is 0.519. The number of piperidine rings is 1. The first-order chi connectivity index (χ1) is 37.3. The predicted octanol–water partition coefficient (Wildman–Crippen LogP) is 8.12. The van der Waals surface area contributed by atoms with Crippen LogP contribution in [0.3, 0.4) is 0 Å². The summed E-state index contributed by atoms with van der Waals surface area (Å²) in [5.41, 5.74) is 0.963. The van der Waals surface area contributed by atoms with Crippen LogP contribution in [0.5, 0.6) is 11.6 Å². The van der Waals surface area contributed by atoms with Crippen LogP contribution in [-0.4, -0.2) is 132 Å². The predicted molar refractivity (Wildman–Crippen MR) is 286 cm³/mol. The van der Waals surface area contributed by atoms with Crippen molar-refractivity contribution in [2.24, 2.45) is 5.41 Å². The summed E-state index contributed by atoms with van der Waals surface area (Å²) in [6.07, 6.45) is 6.43. The minimum Gasteiger partial charge on any atom is -0.489 e. The molecule has 7 heterocycles. The van der Waals surface area contributed by atoms with Gasteiger partial charge in [0.25, 0.3) is 21.6 Å². The van der Waals surface area contributed by atoms with Crippen molar-refractivity contribution in [1.82, 2.24) is 19.6 Å². The number of hydrogen-bond acceptors (Lipinski definition) is 16. The van der Waals surface area contributed by atoms with E-state index in [2.05, 4.69) is 56.0 Å². The number of phosphoric acid groups is 1. The molecule has 78 heavy (non-hydrogen) atoms. The lowest BCUT2D eigenvalue weighted by atomic mass is 9.59. The lowest BCUT2D eigenvalue weighted by molar-refractivity contribution is -0.384. The monoisotopic (exact) mass is 1110 g/mol. The van der Waals surface area contributed by atoms with E-state index in [9.17, 15) is 37.7 Å². The number of ether oxygens (including phenoxy) is 4. The molecular formula is C54H64FN8O13PS. The van der Waals surface area contributed by atoms with E-state index in [1.807, 2.05) is 29.2 Å². The van der Waals surface area contributed by atoms with E-state index in [1.165, 1.54) is 18.1 Å². The molecule has 2 aliphatic carbocycles. The second kappa shape index (κ2) is 20.0. The normalized spacial score (nSPS) is 27.5. The number of amides is 1. The molecule has 1 spiro atoms. The van der Waals surface area contributed by atoms with Crippen molar-refractivity contribution in [3.8, 4) is 11.6 Å². The number of carbonyl (C=O) groups is 1. The number of nitrogens with zero attached hydrogens (tertiary/aromatic N) is 5. The molecule has 5 fully saturated rings. The second-order valence-electron chi connectivity index (χ2n) is 22.6. The molecule has 7 aliphatic rings. The van der Waals surface area contributed by atoms with E-state index in [0.717, 1.165) is 81.6 Å². The Morgan fingerprint density at radius 1 is 0.962 bits per heavy atom. The Hall–Kier alpha value is -5.91. The van der Waals surface area contributed by atoms with Crippen LogP contribution < -0.4 is 29.3 Å². The maximum atomic E-state index is 16.6. The summed E-state index contributed by atoms with van der Waals surface area (Å²) in [7, 11) is -9.73. The molecule has 416 valence electrons. The van der Waals surface area contributed by atoms with Gasteiger partial charge in [-0.15, -0.1) is 0 Å². The quantitative estimate of drug-likeness (QED) is 0.0475. The summed E-state index contributed by atoms with van der Waals surface area (Å²) in [4.78, 5) is 59.9. The SMILES string of the molecule is Cc1ccccc1[C@@H]1COCCCN1C1CC2(CCN(c3ccc(C(=O)NS(=O)(=O)c4cc5c(c([N+](=O)[O-])c4)N[C@H](C4(F)CCC(C)(OP(=O)(O)O)CC4)CO5)c(N4c5cc6cc[nH]c6nc5O[C@H]5COCC[C@@H]54)c3)CC2)C1. The van der Waals surface area contributed by atoms with Gasteiger partial charge in [0, 0.05) is 68.3 Å². The van der Waals surface area contributed by atoms with Gasteiger partial charge in [-0.25, -0.2) is 22.1 Å². The number of rotatable bonds is 11. The molecule has 3 saturated heterocycles. The van der Waals surface area contributed by atoms with Crippen molar-refractivity contribution >= 4 is 63.2 Å². The number of alkyl halides is 1. The lowest BCUT2D eigenvalue weighted by Crippen LogP contribution is -2.56. The summed E-state index contributed by atoms with van der Waals surface area (Å²) >= 11 is 0. The minimum absolute atomic E-state index is 0.0192. The molecule has 24 heteroatoms. The Morgan fingerprint density at radius 3 is 2.49 bits per heavy atom. The zero-order valence-corrected chi connectivity index (χ0v) is 45.1. The number of fused-ring (bicyclic) bond motifs is 4. The maximum Gasteiger partial charge on any atom is 0.470 e. The Morgan fingerprint density at radius 2 is 1.73 bits per heavy atom. The number of hydrogen-bond donors (Lipinski definition) is 5. The molecule has 5 N–H and O–H groups in total. The van der Waals surface area contributed by atoms with Crippen LogP contribution in [0.1, 0.15) is 98.7 Å². The second-order valence-corrected chi connectivity index (χ2v) is 25.4. The molecule has 4 atom stereocenters. The third-order valence-electron chi connectivity index (χ3n) is 17.6. The first kappa shape index (κ1) is 52.8. The highest BCUT2D eigenvalue weighted by Crippen LogP contribution is 2.55. The molecule has 5 aromatic rings. The van der Waals surface area contributed by atoms with E-state index in [4.69, 9.17) is 28.5 Å². The number of sulfonamides is 1. The van der Waals surface area contributed by atoms with E-state index in [0.29, 0.717) is 48.6 Å². The Labute approximate surface area is 450 Å². The molecule has 0 bridgehead atoms. The van der Waals surface area contributed by atoms with Crippen molar-refractivity contribution in [2.45, 2.75) is 124 Å². The topological polar surface area (TPSA) is 260 Å². The zero-order valence-electron chi connectivity index (χ0n) is 43.4. The van der Waals surface area contributed by atoms with Crippen LogP contribution in [-0.2, 0) is 28.6 Å². The summed E-state index contributed by atoms with van der Waals surface area (Å²) in [5, 5.41) is 16.3. The number of phosphoric ester groups is 1. The highest BCUT2D eigenvalue weighted by molar-refractivity contribution is 7.90. The highest BCUT2D eigenvalue weighted by atomic mass is 32.2. The molecular weight excluding hydrogens is 1050 g/mol. The third-order valence-corrected chi connectivity index (χ3v) is 19.6. The van der Waals surface area contributed by atoms with Crippen LogP contribution >= 0.6 is 7.82 Å². The van der Waals surface area contributed by atoms with Gasteiger partial charge in [-0.05, 0) is 125 Å². The molecule has 1 amide bonds. The smallest absolute Gasteiger partial charge is 0.470 e. The molecule has 21 nitrogen and oxygen atoms in total. The van der Waals surface area contributed by atoms with E-state index in [-0.39, 0.29) is 73.4 Å². The van der Waals surface area contributed by atoms with Gasteiger partial charge in [0.05, 0.1) is 58.0 Å². The number of nitro groups is 1. The molecule has 2 saturated carbocycles. The number of carbonyl (C=O) groups excluding carboxylic acids is 1. The highest BCUT2D eigenvalue weighted by Gasteiger charge is 2.52. The Kier molecular flexibility index (Phi) is 13.5. The average molecular weight is 1120 g/mol. The fourth-order valence-corrected chi connectivity index (χ4v) is 15.1. The van der Waals surface area contributed by atoms with Crippen LogP contribution in [0.25, 0.3) is 11.0 Å². The van der Waals surface area contributed by atoms with Crippen LogP contribution in [0.4, 0.5) is 32.8 Å². The summed E-state index contributed by atoms with van der Waals surface area (Å²) in [6.45, 7) is 7.94. The molecule has 0 radical (unpaired) electrons. The van der Waals surface area contributed by atoms with Gasteiger partial charge in [-0.1, -0.05) is 24.3 Å². The number of anilines is 4. The number of nitro benzene ring substituents is 1. The van der Waals surface area contributed by atoms with Crippen molar-refractivity contribution in [3.63, 3.8) is 0 Å². The van der Waals surface area contributed by atoms with Crippen molar-refractivity contribution in [2.75, 3.05) is 67.8 Å². The van der Waals surface area contributed by atoms with E-state index in [1.54, 1.807) is 12.3 Å². The molecule has 12 rings (SSSR count). The number of halogens is 1. The average Bonchev–Trinajstić information content (AvgIpc) is 3.83. The van der Waals surface area contributed by atoms with Crippen molar-refractivity contribution < 1.29 is 60.3 Å². The zero-order chi connectivity index (χ0) is 54.4. The van der Waals surface area contributed by atoms with Gasteiger partial charge in [0.15, 0.2) is 11.4 Å². The maximum absolute atomic E-state index is 16.6. The standard InChI is InChI=1S/C54H64FN8O13PS/c1-33-6-3-4-7-38(33)44-30-72-22-5-19-61(44)36-28-53(29-36)16-20-60(21-17-53)35-8-9-39(41(25-35)62-40-11-23-73-31-46(40)75-51-43(62)24-34-10-18-56-49(34)58-51)50(64)59-78(70,71)37-26-42(63(65)66)48-45(27-37)74-32-47(57-48)54(55)14-12-52(2,13-15-54)76-77(67,68)69/h3-4,6-10,18,24-27,36,40,44,46-47,57H,5,11-17,19-23,28-32H2,1-2H3,(H,56,58)(H,59,64)(H2,67,68,69)/t40-,44-,46-,47-,52?,54?/m0/s1. The Bertz CT molecular complexity index is 3320. The lowest BCUT2D eigenvalue weighted by Gasteiger charge is -2.56. The number of H-pyrrole nitrogens is 1. The molecule has 2 aromatic heterocycles. The Balaban J connectivity index is 0.822. The molecule has 3 aromatic carbocycles. The van der Waals surface area contributed by atoms with Gasteiger partial charge in [0.2, 0.25) is 5.88 Å². The first-order valence-electron chi connectivity index (χ1n) is 26.8. The largest absolute Gasteiger partial charge is 0.489 e. The molecule has 0 unspecified atom stereocenters. The number of aromatic amines is 1. The van der Waals surface area contributed by atoms with E-state index >= 15 is 4.39 Å². The van der Waals surface area contributed by atoms with E-state index < -0.39 is 62.7 Å². The number of benzene rings is 3. The van der Waals surface area contributed by atoms with Gasteiger partial charge in [-0.3, -0.25) is 24.3 Å². The molecule has 5 aliphatic heterocycles. The van der Waals surface area contributed by atoms with Gasteiger partial charge in [-0.2, -0.15) is 4.98 Å². The van der Waals surface area contributed by atoms with Crippen LogP contribution in [0, 0.1) is 22.5 Å². The third kappa shape index (κ3) is 9.98. The van der Waals surface area contributed by atoms with Crippen LogP contribution in [0.15, 0.2) is 77.8 Å². The van der Waals surface area contributed by atoms with Gasteiger partial charge < -0.3 is 48.8 Å². The van der Waals surface area contributed by atoms with Gasteiger partial charge in [0.1, 0.15) is 29.7 Å². The summed E-state index contributed by atoms with van der Waals surface area (Å²) < 4.78 is 88.7. The minimum atomic E-state index is -4.87. The van der Waals surface area contributed by atoms with Crippen molar-refractivity contribution in [1.29, 1.82) is 0 Å². The number of aromatic nitrogens is 2.